The maximum atomic E-state index is 10.8. The van der Waals surface area contributed by atoms with Crippen LogP contribution in [0.5, 0.6) is 0 Å². The van der Waals surface area contributed by atoms with Gasteiger partial charge in [0, 0.05) is 35.9 Å². The van der Waals surface area contributed by atoms with Gasteiger partial charge in [-0.05, 0) is 24.3 Å². The van der Waals surface area contributed by atoms with E-state index in [9.17, 15) is 29.4 Å². The molecular formula is C20H18FeN6O10+2. The number of rotatable bonds is 6. The first-order chi connectivity index (χ1) is 16.2. The van der Waals surface area contributed by atoms with Crippen molar-refractivity contribution in [2.45, 2.75) is 0 Å². The van der Waals surface area contributed by atoms with E-state index in [2.05, 4.69) is 29.9 Å². The second-order valence-corrected chi connectivity index (χ2v) is 6.29. The molecule has 16 nitrogen and oxygen atoms in total. The van der Waals surface area contributed by atoms with E-state index >= 15 is 0 Å². The predicted molar refractivity (Wildman–Crippen MR) is 116 cm³/mol. The molecule has 4 heterocycles. The molecule has 194 valence electrons. The molecule has 0 spiro atoms. The summed E-state index contributed by atoms with van der Waals surface area (Å²) in [6.07, 6.45) is 5.93. The van der Waals surface area contributed by atoms with E-state index in [0.29, 0.717) is 11.1 Å². The molecule has 0 radical (unpaired) electrons. The van der Waals surface area contributed by atoms with Crippen molar-refractivity contribution >= 4 is 23.9 Å². The minimum absolute atomic E-state index is 0. The average molecular weight is 558 g/mol. The van der Waals surface area contributed by atoms with E-state index in [1.165, 1.54) is 24.8 Å². The number of pyridine rings is 2. The van der Waals surface area contributed by atoms with Crippen LogP contribution in [0.4, 0.5) is 0 Å². The zero-order chi connectivity index (χ0) is 24.8. The van der Waals surface area contributed by atoms with Crippen LogP contribution in [0, 0.1) is 0 Å². The molecule has 0 aliphatic rings. The van der Waals surface area contributed by atoms with Crippen LogP contribution in [0.25, 0.3) is 22.8 Å². The molecule has 0 saturated heterocycles. The van der Waals surface area contributed by atoms with Gasteiger partial charge in [-0.2, -0.15) is 0 Å². The molecule has 0 aliphatic carbocycles. The molecule has 17 heteroatoms. The Balaban J connectivity index is 0.000000648. The van der Waals surface area contributed by atoms with Gasteiger partial charge in [-0.25, -0.2) is 19.6 Å². The standard InChI is InChI=1S/2C10H7N3O4.Fe.2H2O/c2*14-9(15)6-7(10(16)17)13-8(12-6)5-2-1-3-11-4-5;;;/h2*1-4H,(H,12,13)(H,14,15)(H,16,17);;2*1H2/q;;+2;;. The molecule has 4 aromatic rings. The molecule has 0 fully saturated rings. The fourth-order valence-corrected chi connectivity index (χ4v) is 2.63. The summed E-state index contributed by atoms with van der Waals surface area (Å²) in [5.41, 5.74) is -1.30. The fourth-order valence-electron chi connectivity index (χ4n) is 2.63. The topological polar surface area (TPSA) is 304 Å². The molecule has 0 aromatic carbocycles. The maximum absolute atomic E-state index is 10.8. The predicted octanol–water partition coefficient (Wildman–Crippen LogP) is -2.78. The molecule has 10 N–H and O–H groups in total. The molecule has 4 aromatic heterocycles. The van der Waals surface area contributed by atoms with E-state index in [-0.39, 0.29) is 39.7 Å². The van der Waals surface area contributed by atoms with Crippen molar-refractivity contribution in [2.75, 3.05) is 0 Å². The summed E-state index contributed by atoms with van der Waals surface area (Å²) in [5, 5.41) is 39.0. The van der Waals surface area contributed by atoms with Gasteiger partial charge >= 0.3 is 29.0 Å². The molecule has 0 unspecified atom stereocenters. The van der Waals surface area contributed by atoms with Crippen molar-refractivity contribution in [2.24, 2.45) is 0 Å². The van der Waals surface area contributed by atoms with E-state index in [0.717, 1.165) is 0 Å². The normalized spacial score (nSPS) is 9.30. The number of aromatic carboxylic acids is 4. The third-order valence-electron chi connectivity index (χ3n) is 4.09. The van der Waals surface area contributed by atoms with E-state index in [1.807, 2.05) is 0 Å². The number of nitrogens with zero attached hydrogens (tertiary/aromatic N) is 4. The van der Waals surface area contributed by atoms with Gasteiger partial charge in [0.05, 0.1) is 11.9 Å². The van der Waals surface area contributed by atoms with Crippen LogP contribution >= 0.6 is 0 Å². The first-order valence-corrected chi connectivity index (χ1v) is 9.09. The SMILES string of the molecule is O=C([O-])c1nc(-c2cccnc2)[nH]c1C(=O)O.O=C([O-])c1nc(-c2cccnc2)[nH]c1C(=O)O.[Fe+2].[OH3+].[OH3+]. The minimum atomic E-state index is -1.64. The van der Waals surface area contributed by atoms with Crippen LogP contribution in [0.3, 0.4) is 0 Å². The van der Waals surface area contributed by atoms with Gasteiger partial charge in [-0.3, -0.25) is 9.97 Å². The van der Waals surface area contributed by atoms with Crippen LogP contribution in [0.15, 0.2) is 49.1 Å². The summed E-state index contributed by atoms with van der Waals surface area (Å²) >= 11 is 0. The van der Waals surface area contributed by atoms with Gasteiger partial charge in [0.2, 0.25) is 0 Å². The van der Waals surface area contributed by atoms with Gasteiger partial charge < -0.3 is 50.9 Å². The third-order valence-corrected chi connectivity index (χ3v) is 4.09. The Hall–Kier alpha value is -4.96. The van der Waals surface area contributed by atoms with Gasteiger partial charge in [0.15, 0.2) is 11.4 Å². The number of nitrogens with one attached hydrogen (secondary N) is 2. The van der Waals surface area contributed by atoms with Crippen LogP contribution in [0.1, 0.15) is 42.0 Å². The molecular weight excluding hydrogens is 540 g/mol. The molecule has 0 saturated carbocycles. The Labute approximate surface area is 216 Å². The van der Waals surface area contributed by atoms with E-state index < -0.39 is 46.7 Å². The van der Waals surface area contributed by atoms with Gasteiger partial charge in [-0.15, -0.1) is 0 Å². The summed E-state index contributed by atoms with van der Waals surface area (Å²) < 4.78 is 0. The Bertz CT molecular complexity index is 1210. The van der Waals surface area contributed by atoms with Crippen LogP contribution in [0.2, 0.25) is 0 Å². The fraction of sp³-hybridized carbons (Fsp3) is 0. The van der Waals surface area contributed by atoms with Crippen molar-refractivity contribution in [3.05, 3.63) is 71.8 Å². The number of aromatic nitrogens is 6. The zero-order valence-electron chi connectivity index (χ0n) is 18.3. The smallest absolute Gasteiger partial charge is 0.543 e. The number of carboxylic acid groups (broad SMARTS) is 4. The number of imidazole rings is 2. The number of hydrogen-bond donors (Lipinski definition) is 4. The Morgan fingerprint density at radius 1 is 0.703 bits per heavy atom. The zero-order valence-corrected chi connectivity index (χ0v) is 19.4. The van der Waals surface area contributed by atoms with Crippen molar-refractivity contribution in [3.8, 4) is 22.8 Å². The van der Waals surface area contributed by atoms with Gasteiger partial charge in [-0.1, -0.05) is 0 Å². The van der Waals surface area contributed by atoms with Crippen molar-refractivity contribution < 1.29 is 67.6 Å². The molecule has 0 amide bonds. The van der Waals surface area contributed by atoms with Crippen LogP contribution < -0.4 is 10.2 Å². The Morgan fingerprint density at radius 3 is 1.27 bits per heavy atom. The summed E-state index contributed by atoms with van der Waals surface area (Å²) in [6, 6.07) is 6.49. The summed E-state index contributed by atoms with van der Waals surface area (Å²) in [6.45, 7) is 0. The Morgan fingerprint density at radius 2 is 1.05 bits per heavy atom. The Kier molecular flexibility index (Phi) is 12.0. The third kappa shape index (κ3) is 7.51. The first kappa shape index (κ1) is 32.0. The number of H-pyrrole nitrogens is 2. The van der Waals surface area contributed by atoms with E-state index in [1.54, 1.807) is 24.3 Å². The largest absolute Gasteiger partial charge is 2.00 e. The number of carbonyl (C=O) groups excluding carboxylic acids is 2. The first-order valence-electron chi connectivity index (χ1n) is 9.09. The van der Waals surface area contributed by atoms with Gasteiger partial charge in [0.1, 0.15) is 23.0 Å². The summed E-state index contributed by atoms with van der Waals surface area (Å²) in [5.74, 6) is -5.87. The second-order valence-electron chi connectivity index (χ2n) is 6.29. The number of aromatic amines is 2. The van der Waals surface area contributed by atoms with Crippen LogP contribution in [-0.2, 0) is 28.0 Å². The monoisotopic (exact) mass is 558 g/mol. The van der Waals surface area contributed by atoms with Crippen LogP contribution in [-0.4, -0.2) is 64.0 Å². The molecule has 0 bridgehead atoms. The molecule has 0 atom stereocenters. The number of carbonyl (C=O) groups is 4. The van der Waals surface area contributed by atoms with Crippen molar-refractivity contribution in [3.63, 3.8) is 0 Å². The second kappa shape index (κ2) is 13.8. The quantitative estimate of drug-likeness (QED) is 0.138. The average Bonchev–Trinajstić information content (AvgIpc) is 3.47. The van der Waals surface area contributed by atoms with Crippen molar-refractivity contribution in [1.29, 1.82) is 0 Å². The molecule has 4 rings (SSSR count). The maximum Gasteiger partial charge on any atom is 2.00 e. The van der Waals surface area contributed by atoms with E-state index in [4.69, 9.17) is 10.2 Å². The summed E-state index contributed by atoms with van der Waals surface area (Å²) in [4.78, 5) is 62.8. The molecule has 0 aliphatic heterocycles. The number of carboxylic acids is 4. The molecule has 37 heavy (non-hydrogen) atoms. The summed E-state index contributed by atoms with van der Waals surface area (Å²) in [7, 11) is 0. The van der Waals surface area contributed by atoms with Gasteiger partial charge in [0.25, 0.3) is 0 Å². The minimum Gasteiger partial charge on any atom is -0.543 e. The van der Waals surface area contributed by atoms with Crippen molar-refractivity contribution in [1.82, 2.24) is 29.9 Å². The number of hydrogen-bond acceptors (Lipinski definition) is 10.